The van der Waals surface area contributed by atoms with Crippen LogP contribution in [0.15, 0.2) is 29.4 Å². The van der Waals surface area contributed by atoms with Crippen molar-refractivity contribution in [3.8, 4) is 0 Å². The van der Waals surface area contributed by atoms with E-state index in [0.717, 1.165) is 10.8 Å². The second-order valence-corrected chi connectivity index (χ2v) is 7.50. The molecule has 22 heavy (non-hydrogen) atoms. The Hall–Kier alpha value is -1.56. The molecule has 0 aromatic carbocycles. The molecule has 0 spiro atoms. The summed E-state index contributed by atoms with van der Waals surface area (Å²) in [5, 5.41) is 3.87. The summed E-state index contributed by atoms with van der Waals surface area (Å²) in [5.41, 5.74) is -0.221. The van der Waals surface area contributed by atoms with Crippen LogP contribution in [0.5, 0.6) is 0 Å². The zero-order valence-corrected chi connectivity index (χ0v) is 14.2. The summed E-state index contributed by atoms with van der Waals surface area (Å²) >= 11 is 1.61. The minimum Gasteiger partial charge on any atom is -0.355 e. The number of hydrogen-bond donors (Lipinski definition) is 1. The number of pyridine rings is 1. The monoisotopic (exact) mass is 321 g/mol. The zero-order valence-electron chi connectivity index (χ0n) is 13.3. The Kier molecular flexibility index (Phi) is 5.45. The van der Waals surface area contributed by atoms with Gasteiger partial charge in [0.25, 0.3) is 0 Å². The lowest BCUT2D eigenvalue weighted by Crippen LogP contribution is -2.43. The molecule has 2 heterocycles. The van der Waals surface area contributed by atoms with Crippen molar-refractivity contribution in [2.45, 2.75) is 37.8 Å². The minimum atomic E-state index is -0.230. The van der Waals surface area contributed by atoms with Crippen molar-refractivity contribution < 1.29 is 9.59 Å². The molecule has 2 rings (SSSR count). The molecular formula is C16H23N3O2S. The molecule has 1 saturated heterocycles. The van der Waals surface area contributed by atoms with E-state index in [1.54, 1.807) is 22.9 Å². The maximum atomic E-state index is 12.2. The standard InChI is InChI=1S/C16H23N3O2S/c1-16(2,3)19-11-12(10-14(19)20)15(21)18-8-9-22-13-6-4-5-7-17-13/h4-7,12H,8-11H2,1-3H3,(H,18,21). The first-order valence-electron chi connectivity index (χ1n) is 7.50. The van der Waals surface area contributed by atoms with Gasteiger partial charge in [-0.15, -0.1) is 11.8 Å². The summed E-state index contributed by atoms with van der Waals surface area (Å²) in [4.78, 5) is 30.2. The van der Waals surface area contributed by atoms with Gasteiger partial charge in [0.1, 0.15) is 0 Å². The Morgan fingerprint density at radius 1 is 1.45 bits per heavy atom. The molecule has 1 aliphatic heterocycles. The van der Waals surface area contributed by atoms with Crippen LogP contribution < -0.4 is 5.32 Å². The lowest BCUT2D eigenvalue weighted by atomic mass is 10.1. The fourth-order valence-electron chi connectivity index (χ4n) is 2.44. The van der Waals surface area contributed by atoms with Gasteiger partial charge < -0.3 is 10.2 Å². The fourth-order valence-corrected chi connectivity index (χ4v) is 3.16. The Balaban J connectivity index is 1.73. The normalized spacial score (nSPS) is 18.6. The molecule has 120 valence electrons. The molecule has 1 aromatic heterocycles. The second kappa shape index (κ2) is 7.13. The molecule has 1 fully saturated rings. The summed E-state index contributed by atoms with van der Waals surface area (Å²) in [6, 6.07) is 5.77. The van der Waals surface area contributed by atoms with Crippen molar-refractivity contribution in [1.82, 2.24) is 15.2 Å². The van der Waals surface area contributed by atoms with Gasteiger partial charge in [-0.25, -0.2) is 4.98 Å². The predicted molar refractivity (Wildman–Crippen MR) is 87.5 cm³/mol. The van der Waals surface area contributed by atoms with E-state index in [-0.39, 0.29) is 23.3 Å². The van der Waals surface area contributed by atoms with Gasteiger partial charge in [0.2, 0.25) is 11.8 Å². The van der Waals surface area contributed by atoms with Crippen molar-refractivity contribution in [2.75, 3.05) is 18.8 Å². The highest BCUT2D eigenvalue weighted by Crippen LogP contribution is 2.25. The highest BCUT2D eigenvalue weighted by Gasteiger charge is 2.39. The molecule has 1 aromatic rings. The average molecular weight is 321 g/mol. The predicted octanol–water partition coefficient (Wildman–Crippen LogP) is 1.94. The van der Waals surface area contributed by atoms with Crippen molar-refractivity contribution in [1.29, 1.82) is 0 Å². The Labute approximate surface area is 135 Å². The van der Waals surface area contributed by atoms with Crippen LogP contribution in [-0.2, 0) is 9.59 Å². The van der Waals surface area contributed by atoms with E-state index < -0.39 is 0 Å². The fraction of sp³-hybridized carbons (Fsp3) is 0.562. The summed E-state index contributed by atoms with van der Waals surface area (Å²) in [6.07, 6.45) is 2.07. The van der Waals surface area contributed by atoms with Gasteiger partial charge in [0.05, 0.1) is 10.9 Å². The number of rotatable bonds is 5. The summed E-state index contributed by atoms with van der Waals surface area (Å²) in [6.45, 7) is 7.08. The number of amides is 2. The molecule has 6 heteroatoms. The van der Waals surface area contributed by atoms with Gasteiger partial charge in [-0.05, 0) is 32.9 Å². The Morgan fingerprint density at radius 3 is 2.82 bits per heavy atom. The molecule has 2 amide bonds. The molecule has 0 aliphatic carbocycles. The smallest absolute Gasteiger partial charge is 0.225 e. The molecule has 1 unspecified atom stereocenters. The third-order valence-corrected chi connectivity index (χ3v) is 4.54. The number of carbonyl (C=O) groups excluding carboxylic acids is 2. The van der Waals surface area contributed by atoms with Crippen molar-refractivity contribution >= 4 is 23.6 Å². The number of nitrogens with one attached hydrogen (secondary N) is 1. The van der Waals surface area contributed by atoms with E-state index >= 15 is 0 Å². The first kappa shape index (κ1) is 16.8. The summed E-state index contributed by atoms with van der Waals surface area (Å²) in [5.74, 6) is 0.579. The van der Waals surface area contributed by atoms with Crippen LogP contribution in [0.1, 0.15) is 27.2 Å². The van der Waals surface area contributed by atoms with E-state index in [1.165, 1.54) is 0 Å². The van der Waals surface area contributed by atoms with E-state index in [1.807, 2.05) is 39.0 Å². The molecule has 0 radical (unpaired) electrons. The van der Waals surface area contributed by atoms with Crippen molar-refractivity contribution in [3.05, 3.63) is 24.4 Å². The van der Waals surface area contributed by atoms with Crippen molar-refractivity contribution in [2.24, 2.45) is 5.92 Å². The lowest BCUT2D eigenvalue weighted by Gasteiger charge is -2.31. The van der Waals surface area contributed by atoms with Crippen LogP contribution in [0, 0.1) is 5.92 Å². The molecular weight excluding hydrogens is 298 g/mol. The average Bonchev–Trinajstić information content (AvgIpc) is 2.87. The summed E-state index contributed by atoms with van der Waals surface area (Å²) in [7, 11) is 0. The topological polar surface area (TPSA) is 62.3 Å². The molecule has 0 saturated carbocycles. The van der Waals surface area contributed by atoms with Crippen LogP contribution in [0.3, 0.4) is 0 Å². The number of nitrogens with zero attached hydrogens (tertiary/aromatic N) is 2. The molecule has 1 aliphatic rings. The molecule has 0 bridgehead atoms. The van der Waals surface area contributed by atoms with E-state index in [9.17, 15) is 9.59 Å². The van der Waals surface area contributed by atoms with Gasteiger partial charge in [0.15, 0.2) is 0 Å². The Morgan fingerprint density at radius 2 is 2.23 bits per heavy atom. The van der Waals surface area contributed by atoms with Gasteiger partial charge in [-0.3, -0.25) is 9.59 Å². The first-order chi connectivity index (χ1) is 10.4. The molecule has 5 nitrogen and oxygen atoms in total. The van der Waals surface area contributed by atoms with E-state index in [0.29, 0.717) is 19.5 Å². The quantitative estimate of drug-likeness (QED) is 0.665. The third-order valence-electron chi connectivity index (χ3n) is 3.59. The third kappa shape index (κ3) is 4.47. The second-order valence-electron chi connectivity index (χ2n) is 6.38. The minimum absolute atomic E-state index is 0.0262. The SMILES string of the molecule is CC(C)(C)N1CC(C(=O)NCCSc2ccccn2)CC1=O. The van der Waals surface area contributed by atoms with Crippen LogP contribution in [0.25, 0.3) is 0 Å². The molecule has 1 atom stereocenters. The number of likely N-dealkylation sites (tertiary alicyclic amines) is 1. The maximum Gasteiger partial charge on any atom is 0.225 e. The van der Waals surface area contributed by atoms with Gasteiger partial charge >= 0.3 is 0 Å². The molecule has 1 N–H and O–H groups in total. The highest BCUT2D eigenvalue weighted by atomic mass is 32.2. The number of carbonyl (C=O) groups is 2. The van der Waals surface area contributed by atoms with Crippen LogP contribution in [0.2, 0.25) is 0 Å². The maximum absolute atomic E-state index is 12.2. The van der Waals surface area contributed by atoms with Crippen LogP contribution >= 0.6 is 11.8 Å². The summed E-state index contributed by atoms with van der Waals surface area (Å²) < 4.78 is 0. The Bertz CT molecular complexity index is 528. The van der Waals surface area contributed by atoms with Crippen LogP contribution in [0.4, 0.5) is 0 Å². The lowest BCUT2D eigenvalue weighted by molar-refractivity contribution is -0.132. The first-order valence-corrected chi connectivity index (χ1v) is 8.48. The van der Waals surface area contributed by atoms with E-state index in [4.69, 9.17) is 0 Å². The largest absolute Gasteiger partial charge is 0.355 e. The van der Waals surface area contributed by atoms with Gasteiger partial charge in [-0.2, -0.15) is 0 Å². The number of hydrogen-bond acceptors (Lipinski definition) is 4. The van der Waals surface area contributed by atoms with Crippen LogP contribution in [-0.4, -0.2) is 46.1 Å². The van der Waals surface area contributed by atoms with Gasteiger partial charge in [0, 0.05) is 37.0 Å². The van der Waals surface area contributed by atoms with E-state index in [2.05, 4.69) is 10.3 Å². The number of thioether (sulfide) groups is 1. The zero-order chi connectivity index (χ0) is 16.2. The van der Waals surface area contributed by atoms with Crippen molar-refractivity contribution in [3.63, 3.8) is 0 Å². The highest BCUT2D eigenvalue weighted by molar-refractivity contribution is 7.99. The number of aromatic nitrogens is 1. The van der Waals surface area contributed by atoms with Gasteiger partial charge in [-0.1, -0.05) is 6.07 Å².